The number of sulfonamides is 1. The second-order valence-corrected chi connectivity index (χ2v) is 12.2. The lowest BCUT2D eigenvalue weighted by Gasteiger charge is -2.33. The predicted molar refractivity (Wildman–Crippen MR) is 131 cm³/mol. The number of benzene rings is 2. The molecule has 0 saturated heterocycles. The minimum Gasteiger partial charge on any atom is -0.347 e. The Morgan fingerprint density at radius 1 is 1.06 bits per heavy atom. The van der Waals surface area contributed by atoms with Gasteiger partial charge < -0.3 is 5.32 Å². The van der Waals surface area contributed by atoms with Crippen molar-refractivity contribution >= 4 is 27.3 Å². The first-order valence-electron chi connectivity index (χ1n) is 10.6. The van der Waals surface area contributed by atoms with Crippen LogP contribution in [0.3, 0.4) is 0 Å². The van der Waals surface area contributed by atoms with E-state index in [9.17, 15) is 23.3 Å². The first-order chi connectivity index (χ1) is 15.0. The molecule has 0 unspecified atom stereocenters. The van der Waals surface area contributed by atoms with Crippen molar-refractivity contribution < 1.29 is 18.1 Å². The predicted octanol–water partition coefficient (Wildman–Crippen LogP) is 4.81. The Bertz CT molecular complexity index is 1130. The summed E-state index contributed by atoms with van der Waals surface area (Å²) in [6.45, 7) is 12.0. The van der Waals surface area contributed by atoms with Crippen LogP contribution in [0.15, 0.2) is 42.5 Å². The molecule has 1 amide bonds. The van der Waals surface area contributed by atoms with Gasteiger partial charge in [0.05, 0.1) is 23.4 Å². The third-order valence-corrected chi connectivity index (χ3v) is 6.17. The minimum absolute atomic E-state index is 0.0156. The van der Waals surface area contributed by atoms with Crippen LogP contribution in [-0.2, 0) is 16.6 Å². The van der Waals surface area contributed by atoms with Crippen LogP contribution in [0, 0.1) is 22.5 Å². The van der Waals surface area contributed by atoms with Crippen molar-refractivity contribution in [1.82, 2.24) is 5.32 Å². The van der Waals surface area contributed by atoms with Gasteiger partial charge in [-0.3, -0.25) is 19.2 Å². The molecule has 0 aliphatic rings. The van der Waals surface area contributed by atoms with E-state index >= 15 is 0 Å². The maximum absolute atomic E-state index is 12.7. The number of aryl methyl sites for hydroxylation is 1. The van der Waals surface area contributed by atoms with Crippen molar-refractivity contribution in [3.63, 3.8) is 0 Å². The van der Waals surface area contributed by atoms with Gasteiger partial charge in [0.25, 0.3) is 11.6 Å². The summed E-state index contributed by atoms with van der Waals surface area (Å²) in [7, 11) is -3.72. The maximum atomic E-state index is 12.7. The van der Waals surface area contributed by atoms with Gasteiger partial charge in [-0.1, -0.05) is 39.0 Å². The molecular formula is C24H33N3O5S. The Morgan fingerprint density at radius 2 is 1.64 bits per heavy atom. The monoisotopic (exact) mass is 475 g/mol. The van der Waals surface area contributed by atoms with Crippen molar-refractivity contribution in [2.45, 2.75) is 60.0 Å². The molecule has 0 heterocycles. The van der Waals surface area contributed by atoms with Gasteiger partial charge in [-0.15, -0.1) is 0 Å². The van der Waals surface area contributed by atoms with Crippen LogP contribution in [0.5, 0.6) is 0 Å². The molecular weight excluding hydrogens is 442 g/mol. The number of carbonyl (C=O) groups excluding carboxylic acids is 1. The largest absolute Gasteiger partial charge is 0.347 e. The zero-order valence-electron chi connectivity index (χ0n) is 20.3. The van der Waals surface area contributed by atoms with Crippen molar-refractivity contribution in [3.8, 4) is 0 Å². The Balaban J connectivity index is 2.27. The molecule has 0 aliphatic heterocycles. The van der Waals surface area contributed by atoms with Crippen LogP contribution >= 0.6 is 0 Å². The molecule has 8 nitrogen and oxygen atoms in total. The Kier molecular flexibility index (Phi) is 7.58. The molecule has 0 atom stereocenters. The van der Waals surface area contributed by atoms with E-state index in [4.69, 9.17) is 0 Å². The molecule has 0 aromatic heterocycles. The number of hydrogen-bond acceptors (Lipinski definition) is 5. The molecule has 0 fully saturated rings. The Labute approximate surface area is 196 Å². The number of non-ortho nitro benzene ring substituents is 1. The second-order valence-electron chi connectivity index (χ2n) is 10.3. The summed E-state index contributed by atoms with van der Waals surface area (Å²) in [6, 6.07) is 10.8. The summed E-state index contributed by atoms with van der Waals surface area (Å²) in [6.07, 6.45) is 1.86. The molecule has 9 heteroatoms. The van der Waals surface area contributed by atoms with Gasteiger partial charge in [0.15, 0.2) is 0 Å². The molecule has 33 heavy (non-hydrogen) atoms. The fourth-order valence-corrected chi connectivity index (χ4v) is 4.98. The third kappa shape index (κ3) is 7.56. The average Bonchev–Trinajstić information content (AvgIpc) is 2.63. The van der Waals surface area contributed by atoms with E-state index in [2.05, 4.69) is 26.1 Å². The Morgan fingerprint density at radius 3 is 2.12 bits per heavy atom. The third-order valence-electron chi connectivity index (χ3n) is 5.04. The van der Waals surface area contributed by atoms with Gasteiger partial charge in [-0.2, -0.15) is 0 Å². The van der Waals surface area contributed by atoms with E-state index < -0.39 is 14.9 Å². The lowest BCUT2D eigenvalue weighted by atomic mass is 9.81. The highest BCUT2D eigenvalue weighted by atomic mass is 32.2. The number of nitro groups is 1. The van der Waals surface area contributed by atoms with E-state index in [1.165, 1.54) is 18.2 Å². The summed E-state index contributed by atoms with van der Waals surface area (Å²) in [4.78, 5) is 23.3. The minimum atomic E-state index is -3.72. The quantitative estimate of drug-likeness (QED) is 0.435. The Hall–Kier alpha value is -2.94. The molecule has 0 bridgehead atoms. The SMILES string of the molecule is Cc1ccc([N+](=O)[O-])cc1N(Cc1ccc(C(=O)NC(C)(C)CC(C)(C)C)cc1)S(C)(=O)=O. The standard InChI is InChI=1S/C24H33N3O5S/c1-17-8-13-20(27(29)30)14-21(17)26(33(7,31)32)15-18-9-11-19(12-10-18)22(28)25-24(5,6)16-23(2,3)4/h8-14H,15-16H2,1-7H3,(H,25,28). The van der Waals surface area contributed by atoms with E-state index in [-0.39, 0.29) is 34.8 Å². The number of amides is 1. The fraction of sp³-hybridized carbons (Fsp3) is 0.458. The smallest absolute Gasteiger partial charge is 0.271 e. The topological polar surface area (TPSA) is 110 Å². The zero-order valence-corrected chi connectivity index (χ0v) is 21.1. The number of anilines is 1. The van der Waals surface area contributed by atoms with Crippen LogP contribution in [0.4, 0.5) is 11.4 Å². The van der Waals surface area contributed by atoms with E-state index in [0.717, 1.165) is 17.0 Å². The lowest BCUT2D eigenvalue weighted by Crippen LogP contribution is -2.45. The second kappa shape index (κ2) is 9.51. The summed E-state index contributed by atoms with van der Waals surface area (Å²) >= 11 is 0. The van der Waals surface area contributed by atoms with E-state index in [0.29, 0.717) is 16.7 Å². The van der Waals surface area contributed by atoms with Crippen LogP contribution in [0.1, 0.15) is 62.5 Å². The summed E-state index contributed by atoms with van der Waals surface area (Å²) in [5.41, 5.74) is 1.45. The first-order valence-corrected chi connectivity index (χ1v) is 12.5. The number of nitrogens with zero attached hydrogens (tertiary/aromatic N) is 2. The zero-order chi connectivity index (χ0) is 25.2. The molecule has 0 spiro atoms. The normalized spacial score (nSPS) is 12.3. The fourth-order valence-electron chi connectivity index (χ4n) is 4.04. The number of hydrogen-bond donors (Lipinski definition) is 1. The number of rotatable bonds is 8. The molecule has 0 aliphatic carbocycles. The molecule has 1 N–H and O–H groups in total. The first kappa shape index (κ1) is 26.3. The molecule has 2 aromatic carbocycles. The summed E-state index contributed by atoms with van der Waals surface area (Å²) in [5.74, 6) is -0.203. The van der Waals surface area contributed by atoms with Crippen LogP contribution < -0.4 is 9.62 Å². The highest BCUT2D eigenvalue weighted by Crippen LogP contribution is 2.29. The van der Waals surface area contributed by atoms with Crippen LogP contribution in [-0.4, -0.2) is 31.0 Å². The van der Waals surface area contributed by atoms with Gasteiger partial charge >= 0.3 is 0 Å². The van der Waals surface area contributed by atoms with E-state index in [1.807, 2.05) is 13.8 Å². The van der Waals surface area contributed by atoms with Crippen molar-refractivity contribution in [1.29, 1.82) is 0 Å². The van der Waals surface area contributed by atoms with Crippen LogP contribution in [0.25, 0.3) is 0 Å². The molecule has 2 aromatic rings. The van der Waals surface area contributed by atoms with Gasteiger partial charge in [0, 0.05) is 23.2 Å². The summed E-state index contributed by atoms with van der Waals surface area (Å²) in [5, 5.41) is 14.2. The van der Waals surface area contributed by atoms with Crippen molar-refractivity contribution in [2.75, 3.05) is 10.6 Å². The van der Waals surface area contributed by atoms with Gasteiger partial charge in [-0.05, 0) is 55.9 Å². The molecule has 0 radical (unpaired) electrons. The molecule has 180 valence electrons. The summed E-state index contributed by atoms with van der Waals surface area (Å²) < 4.78 is 26.2. The maximum Gasteiger partial charge on any atom is 0.271 e. The van der Waals surface area contributed by atoms with Crippen LogP contribution in [0.2, 0.25) is 0 Å². The van der Waals surface area contributed by atoms with Gasteiger partial charge in [-0.25, -0.2) is 8.42 Å². The van der Waals surface area contributed by atoms with Crippen molar-refractivity contribution in [3.05, 3.63) is 69.3 Å². The highest BCUT2D eigenvalue weighted by molar-refractivity contribution is 7.92. The highest BCUT2D eigenvalue weighted by Gasteiger charge is 2.27. The van der Waals surface area contributed by atoms with Gasteiger partial charge in [0.1, 0.15) is 0 Å². The lowest BCUT2D eigenvalue weighted by molar-refractivity contribution is -0.384. The average molecular weight is 476 g/mol. The van der Waals surface area contributed by atoms with E-state index in [1.54, 1.807) is 31.2 Å². The number of carbonyl (C=O) groups is 1. The van der Waals surface area contributed by atoms with Gasteiger partial charge in [0.2, 0.25) is 10.0 Å². The molecule has 2 rings (SSSR count). The number of nitrogens with one attached hydrogen (secondary N) is 1. The molecule has 0 saturated carbocycles. The number of nitro benzene ring substituents is 1. The van der Waals surface area contributed by atoms with Crippen molar-refractivity contribution in [2.24, 2.45) is 5.41 Å².